The first-order valence-electron chi connectivity index (χ1n) is 8.44. The lowest BCUT2D eigenvalue weighted by atomic mass is 10.1. The monoisotopic (exact) mass is 402 g/mol. The molecule has 0 spiro atoms. The second kappa shape index (κ2) is 8.97. The van der Waals surface area contributed by atoms with Gasteiger partial charge in [-0.15, -0.1) is 11.8 Å². The summed E-state index contributed by atoms with van der Waals surface area (Å²) in [7, 11) is 0. The molecule has 0 radical (unpaired) electrons. The molecule has 1 aliphatic rings. The van der Waals surface area contributed by atoms with Crippen molar-refractivity contribution in [1.29, 1.82) is 0 Å². The van der Waals surface area contributed by atoms with Gasteiger partial charge < -0.3 is 15.4 Å². The SMILES string of the molecule is CC1=C(C(=O)Nc2ccc(C(=O)NCc3ccccc3)c(Cl)c2)SCCO1. The Kier molecular flexibility index (Phi) is 6.42. The molecule has 1 aliphatic heterocycles. The molecule has 2 aromatic rings. The topological polar surface area (TPSA) is 67.4 Å². The number of rotatable bonds is 5. The third kappa shape index (κ3) is 5.05. The van der Waals surface area contributed by atoms with E-state index in [0.29, 0.717) is 35.1 Å². The number of allylic oxidation sites excluding steroid dienone is 1. The van der Waals surface area contributed by atoms with Crippen molar-refractivity contribution in [2.75, 3.05) is 17.7 Å². The molecule has 0 fully saturated rings. The van der Waals surface area contributed by atoms with Crippen LogP contribution in [0, 0.1) is 0 Å². The maximum absolute atomic E-state index is 12.4. The van der Waals surface area contributed by atoms with E-state index in [1.165, 1.54) is 11.8 Å². The van der Waals surface area contributed by atoms with Gasteiger partial charge in [-0.3, -0.25) is 9.59 Å². The molecule has 7 heteroatoms. The minimum Gasteiger partial charge on any atom is -0.496 e. The van der Waals surface area contributed by atoms with Gasteiger partial charge in [0.1, 0.15) is 10.7 Å². The summed E-state index contributed by atoms with van der Waals surface area (Å²) in [5.74, 6) is 0.847. The van der Waals surface area contributed by atoms with Crippen molar-refractivity contribution >= 4 is 40.9 Å². The minimum absolute atomic E-state index is 0.241. The zero-order valence-corrected chi connectivity index (χ0v) is 16.3. The normalized spacial score (nSPS) is 13.7. The fourth-order valence-corrected chi connectivity index (χ4v) is 3.65. The van der Waals surface area contributed by atoms with Gasteiger partial charge in [0, 0.05) is 18.0 Å². The number of hydrogen-bond donors (Lipinski definition) is 2. The standard InChI is InChI=1S/C20H19ClN2O3S/c1-13-18(27-10-9-26-13)20(25)23-15-7-8-16(17(21)11-15)19(24)22-12-14-5-3-2-4-6-14/h2-8,11H,9-10,12H2,1H3,(H,22,24)(H,23,25). The minimum atomic E-state index is -0.267. The van der Waals surface area contributed by atoms with Crippen molar-refractivity contribution in [2.24, 2.45) is 0 Å². The van der Waals surface area contributed by atoms with Gasteiger partial charge in [-0.25, -0.2) is 0 Å². The number of carbonyl (C=O) groups excluding carboxylic acids is 2. The third-order valence-electron chi connectivity index (χ3n) is 3.94. The first kappa shape index (κ1) is 19.3. The maximum atomic E-state index is 12.4. The van der Waals surface area contributed by atoms with Crippen LogP contribution in [0.25, 0.3) is 0 Å². The number of halogens is 1. The Labute approximate surface area is 167 Å². The Morgan fingerprint density at radius 3 is 2.63 bits per heavy atom. The van der Waals surface area contributed by atoms with E-state index in [4.69, 9.17) is 16.3 Å². The zero-order valence-electron chi connectivity index (χ0n) is 14.8. The number of hydrogen-bond acceptors (Lipinski definition) is 4. The number of thioether (sulfide) groups is 1. The average molecular weight is 403 g/mol. The van der Waals surface area contributed by atoms with Crippen molar-refractivity contribution in [3.05, 3.63) is 75.3 Å². The summed E-state index contributed by atoms with van der Waals surface area (Å²) in [6, 6.07) is 14.5. The molecular weight excluding hydrogens is 384 g/mol. The predicted octanol–water partition coefficient (Wildman–Crippen LogP) is 4.20. The summed E-state index contributed by atoms with van der Waals surface area (Å²) >= 11 is 7.71. The van der Waals surface area contributed by atoms with E-state index >= 15 is 0 Å². The molecule has 2 N–H and O–H groups in total. The van der Waals surface area contributed by atoms with Gasteiger partial charge in [0.05, 0.1) is 17.2 Å². The third-order valence-corrected chi connectivity index (χ3v) is 5.39. The molecule has 0 saturated heterocycles. The van der Waals surface area contributed by atoms with Crippen LogP contribution in [0.1, 0.15) is 22.8 Å². The van der Waals surface area contributed by atoms with E-state index in [1.807, 2.05) is 30.3 Å². The lowest BCUT2D eigenvalue weighted by Crippen LogP contribution is -2.23. The summed E-state index contributed by atoms with van der Waals surface area (Å²) in [4.78, 5) is 25.3. The maximum Gasteiger partial charge on any atom is 0.265 e. The van der Waals surface area contributed by atoms with Gasteiger partial charge in [0.2, 0.25) is 0 Å². The molecule has 27 heavy (non-hydrogen) atoms. The molecule has 0 atom stereocenters. The highest BCUT2D eigenvalue weighted by Gasteiger charge is 2.19. The molecule has 3 rings (SSSR count). The van der Waals surface area contributed by atoms with Gasteiger partial charge in [-0.05, 0) is 30.7 Å². The number of anilines is 1. The highest BCUT2D eigenvalue weighted by Crippen LogP contribution is 2.27. The number of nitrogens with one attached hydrogen (secondary N) is 2. The Morgan fingerprint density at radius 1 is 1.15 bits per heavy atom. The highest BCUT2D eigenvalue weighted by atomic mass is 35.5. The molecule has 0 aromatic heterocycles. The lowest BCUT2D eigenvalue weighted by Gasteiger charge is -2.18. The summed E-state index contributed by atoms with van der Waals surface area (Å²) in [6.07, 6.45) is 0. The van der Waals surface area contributed by atoms with Crippen LogP contribution in [0.2, 0.25) is 5.02 Å². The Hall–Kier alpha value is -2.44. The molecule has 0 unspecified atom stereocenters. The summed E-state index contributed by atoms with van der Waals surface area (Å²) in [5.41, 5.74) is 1.88. The molecule has 5 nitrogen and oxygen atoms in total. The Bertz CT molecular complexity index is 884. The van der Waals surface area contributed by atoms with E-state index in [-0.39, 0.29) is 16.8 Å². The van der Waals surface area contributed by atoms with Crippen LogP contribution in [-0.2, 0) is 16.1 Å². The quantitative estimate of drug-likeness (QED) is 0.786. The van der Waals surface area contributed by atoms with E-state index < -0.39 is 0 Å². The fraction of sp³-hybridized carbons (Fsp3) is 0.200. The van der Waals surface area contributed by atoms with Gasteiger partial charge in [0.25, 0.3) is 11.8 Å². The summed E-state index contributed by atoms with van der Waals surface area (Å²) in [5, 5.41) is 5.90. The second-order valence-corrected chi connectivity index (χ2v) is 7.41. The fourth-order valence-electron chi connectivity index (χ4n) is 2.57. The Morgan fingerprint density at radius 2 is 1.93 bits per heavy atom. The highest BCUT2D eigenvalue weighted by molar-refractivity contribution is 8.04. The molecule has 0 aliphatic carbocycles. The molecular formula is C20H19ClN2O3S. The van der Waals surface area contributed by atoms with Gasteiger partial charge in [-0.1, -0.05) is 41.9 Å². The average Bonchev–Trinajstić information content (AvgIpc) is 2.67. The van der Waals surface area contributed by atoms with Gasteiger partial charge >= 0.3 is 0 Å². The van der Waals surface area contributed by atoms with Crippen molar-refractivity contribution in [3.8, 4) is 0 Å². The Balaban J connectivity index is 1.64. The number of amides is 2. The van der Waals surface area contributed by atoms with Crippen molar-refractivity contribution < 1.29 is 14.3 Å². The van der Waals surface area contributed by atoms with Crippen LogP contribution in [0.5, 0.6) is 0 Å². The van der Waals surface area contributed by atoms with Crippen molar-refractivity contribution in [2.45, 2.75) is 13.5 Å². The van der Waals surface area contributed by atoms with Gasteiger partial charge in [0.15, 0.2) is 0 Å². The first-order valence-corrected chi connectivity index (χ1v) is 9.80. The molecule has 1 heterocycles. The molecule has 0 saturated carbocycles. The van der Waals surface area contributed by atoms with E-state index in [0.717, 1.165) is 11.3 Å². The van der Waals surface area contributed by atoms with Gasteiger partial charge in [-0.2, -0.15) is 0 Å². The van der Waals surface area contributed by atoms with Crippen LogP contribution in [-0.4, -0.2) is 24.2 Å². The number of benzene rings is 2. The molecule has 140 valence electrons. The number of ether oxygens (including phenoxy) is 1. The molecule has 2 aromatic carbocycles. The van der Waals surface area contributed by atoms with Crippen molar-refractivity contribution in [1.82, 2.24) is 5.32 Å². The van der Waals surface area contributed by atoms with E-state index in [1.54, 1.807) is 25.1 Å². The first-order chi connectivity index (χ1) is 13.0. The van der Waals surface area contributed by atoms with Crippen LogP contribution >= 0.6 is 23.4 Å². The lowest BCUT2D eigenvalue weighted by molar-refractivity contribution is -0.112. The predicted molar refractivity (Wildman–Crippen MR) is 109 cm³/mol. The van der Waals surface area contributed by atoms with Crippen LogP contribution < -0.4 is 10.6 Å². The van der Waals surface area contributed by atoms with Crippen LogP contribution in [0.3, 0.4) is 0 Å². The number of carbonyl (C=O) groups is 2. The second-order valence-electron chi connectivity index (χ2n) is 5.90. The van der Waals surface area contributed by atoms with E-state index in [2.05, 4.69) is 10.6 Å². The smallest absolute Gasteiger partial charge is 0.265 e. The van der Waals surface area contributed by atoms with E-state index in [9.17, 15) is 9.59 Å². The largest absolute Gasteiger partial charge is 0.496 e. The van der Waals surface area contributed by atoms with Crippen LogP contribution in [0.4, 0.5) is 5.69 Å². The van der Waals surface area contributed by atoms with Crippen molar-refractivity contribution in [3.63, 3.8) is 0 Å². The summed E-state index contributed by atoms with van der Waals surface area (Å²) < 4.78 is 5.41. The van der Waals surface area contributed by atoms with Crippen LogP contribution in [0.15, 0.2) is 59.2 Å². The molecule has 0 bridgehead atoms. The zero-order chi connectivity index (χ0) is 19.2. The summed E-state index contributed by atoms with van der Waals surface area (Å²) in [6.45, 7) is 2.79. The molecule has 2 amide bonds.